The third-order valence-electron chi connectivity index (χ3n) is 3.91. The molecule has 4 nitrogen and oxygen atoms in total. The molecule has 0 aliphatic heterocycles. The van der Waals surface area contributed by atoms with E-state index < -0.39 is 0 Å². The van der Waals surface area contributed by atoms with Crippen LogP contribution in [0.4, 0.5) is 11.4 Å². The highest BCUT2D eigenvalue weighted by Crippen LogP contribution is 2.38. The van der Waals surface area contributed by atoms with Crippen LogP contribution < -0.4 is 10.6 Å². The van der Waals surface area contributed by atoms with Gasteiger partial charge in [0, 0.05) is 36.6 Å². The van der Waals surface area contributed by atoms with Gasteiger partial charge in [-0.05, 0) is 18.6 Å². The van der Waals surface area contributed by atoms with Crippen LogP contribution in [0.15, 0.2) is 30.3 Å². The standard InChI is InChI=1S/C17H16N2O2/c1-9-8-12(18-2)13-14(15(9)19-3)17(21)11-7-5-4-6-10(11)16(13)20/h4-8,18-19H,1-3H3. The van der Waals surface area contributed by atoms with Crippen LogP contribution in [0.5, 0.6) is 0 Å². The number of ketones is 2. The van der Waals surface area contributed by atoms with Crippen molar-refractivity contribution in [1.82, 2.24) is 0 Å². The number of benzene rings is 2. The van der Waals surface area contributed by atoms with E-state index in [2.05, 4.69) is 10.6 Å². The second-order valence-corrected chi connectivity index (χ2v) is 5.07. The molecule has 0 amide bonds. The van der Waals surface area contributed by atoms with E-state index in [1.165, 1.54) is 0 Å². The van der Waals surface area contributed by atoms with Gasteiger partial charge in [0.05, 0.1) is 11.1 Å². The lowest BCUT2D eigenvalue weighted by atomic mass is 9.81. The third kappa shape index (κ3) is 1.76. The summed E-state index contributed by atoms with van der Waals surface area (Å²) in [6, 6.07) is 8.87. The zero-order valence-corrected chi connectivity index (χ0v) is 12.2. The number of anilines is 2. The number of rotatable bonds is 2. The fourth-order valence-electron chi connectivity index (χ4n) is 2.95. The zero-order chi connectivity index (χ0) is 15.1. The molecule has 4 heteroatoms. The molecule has 0 radical (unpaired) electrons. The summed E-state index contributed by atoms with van der Waals surface area (Å²) in [5, 5.41) is 6.08. The van der Waals surface area contributed by atoms with E-state index in [0.717, 1.165) is 11.3 Å². The van der Waals surface area contributed by atoms with Crippen LogP contribution in [0.25, 0.3) is 0 Å². The Morgan fingerprint density at radius 1 is 0.857 bits per heavy atom. The van der Waals surface area contributed by atoms with Gasteiger partial charge in [-0.1, -0.05) is 24.3 Å². The van der Waals surface area contributed by atoms with Gasteiger partial charge in [0.15, 0.2) is 11.6 Å². The van der Waals surface area contributed by atoms with Crippen LogP contribution in [0.3, 0.4) is 0 Å². The van der Waals surface area contributed by atoms with Gasteiger partial charge < -0.3 is 10.6 Å². The maximum Gasteiger partial charge on any atom is 0.196 e. The van der Waals surface area contributed by atoms with Gasteiger partial charge >= 0.3 is 0 Å². The molecule has 21 heavy (non-hydrogen) atoms. The molecule has 0 heterocycles. The lowest BCUT2D eigenvalue weighted by Gasteiger charge is -2.24. The van der Waals surface area contributed by atoms with Crippen molar-refractivity contribution in [3.8, 4) is 0 Å². The first-order valence-electron chi connectivity index (χ1n) is 6.81. The van der Waals surface area contributed by atoms with Gasteiger partial charge in [-0.2, -0.15) is 0 Å². The minimum Gasteiger partial charge on any atom is -0.387 e. The van der Waals surface area contributed by atoms with Crippen molar-refractivity contribution in [2.75, 3.05) is 24.7 Å². The molecule has 0 saturated heterocycles. The second-order valence-electron chi connectivity index (χ2n) is 5.07. The fraction of sp³-hybridized carbons (Fsp3) is 0.176. The molecule has 1 aliphatic rings. The summed E-state index contributed by atoms with van der Waals surface area (Å²) in [7, 11) is 3.52. The molecule has 0 aromatic heterocycles. The van der Waals surface area contributed by atoms with Gasteiger partial charge in [-0.3, -0.25) is 9.59 Å². The molecule has 3 rings (SSSR count). The summed E-state index contributed by atoms with van der Waals surface area (Å²) in [5.41, 5.74) is 4.20. The Kier molecular flexibility index (Phi) is 3.01. The highest BCUT2D eigenvalue weighted by Gasteiger charge is 2.34. The number of aryl methyl sites for hydroxylation is 1. The Bertz CT molecular complexity index is 779. The highest BCUT2D eigenvalue weighted by atomic mass is 16.1. The summed E-state index contributed by atoms with van der Waals surface area (Å²) in [6.07, 6.45) is 0. The highest BCUT2D eigenvalue weighted by molar-refractivity contribution is 6.32. The minimum absolute atomic E-state index is 0.107. The summed E-state index contributed by atoms with van der Waals surface area (Å²) < 4.78 is 0. The smallest absolute Gasteiger partial charge is 0.196 e. The van der Waals surface area contributed by atoms with Crippen molar-refractivity contribution in [3.05, 3.63) is 58.1 Å². The SMILES string of the molecule is CNc1cc(C)c(NC)c2c1C(=O)c1ccccc1C2=O. The molecule has 0 atom stereocenters. The van der Waals surface area contributed by atoms with Crippen molar-refractivity contribution in [2.45, 2.75) is 6.92 Å². The van der Waals surface area contributed by atoms with Crippen molar-refractivity contribution in [2.24, 2.45) is 0 Å². The Labute approximate surface area is 123 Å². The number of carbonyl (C=O) groups is 2. The van der Waals surface area contributed by atoms with Crippen LogP contribution in [0.1, 0.15) is 37.4 Å². The topological polar surface area (TPSA) is 58.2 Å². The molecular weight excluding hydrogens is 264 g/mol. The number of fused-ring (bicyclic) bond motifs is 2. The first kappa shape index (κ1) is 13.4. The van der Waals surface area contributed by atoms with E-state index >= 15 is 0 Å². The van der Waals surface area contributed by atoms with Crippen LogP contribution in [0, 0.1) is 6.92 Å². The molecule has 0 saturated carbocycles. The molecule has 106 valence electrons. The molecule has 2 N–H and O–H groups in total. The van der Waals surface area contributed by atoms with Crippen molar-refractivity contribution < 1.29 is 9.59 Å². The van der Waals surface area contributed by atoms with Crippen molar-refractivity contribution in [3.63, 3.8) is 0 Å². The lowest BCUT2D eigenvalue weighted by molar-refractivity contribution is 0.0980. The monoisotopic (exact) mass is 280 g/mol. The molecule has 0 bridgehead atoms. The first-order valence-corrected chi connectivity index (χ1v) is 6.81. The second kappa shape index (κ2) is 4.74. The quantitative estimate of drug-likeness (QED) is 0.758. The van der Waals surface area contributed by atoms with Crippen molar-refractivity contribution >= 4 is 22.9 Å². The van der Waals surface area contributed by atoms with E-state index in [1.54, 1.807) is 38.4 Å². The van der Waals surface area contributed by atoms with Crippen LogP contribution >= 0.6 is 0 Å². The van der Waals surface area contributed by atoms with Gasteiger partial charge in [0.2, 0.25) is 0 Å². The lowest BCUT2D eigenvalue weighted by Crippen LogP contribution is -2.24. The molecule has 0 unspecified atom stereocenters. The van der Waals surface area contributed by atoms with Gasteiger partial charge in [0.1, 0.15) is 0 Å². The predicted octanol–water partition coefficient (Wildman–Crippen LogP) is 2.85. The molecular formula is C17H16N2O2. The maximum absolute atomic E-state index is 12.8. The van der Waals surface area contributed by atoms with Gasteiger partial charge in [-0.15, -0.1) is 0 Å². The van der Waals surface area contributed by atoms with E-state index in [4.69, 9.17) is 0 Å². The van der Waals surface area contributed by atoms with Gasteiger partial charge in [0.25, 0.3) is 0 Å². The summed E-state index contributed by atoms with van der Waals surface area (Å²) in [5.74, 6) is -0.217. The Balaban J connectivity index is 2.41. The summed E-state index contributed by atoms with van der Waals surface area (Å²) >= 11 is 0. The predicted molar refractivity (Wildman–Crippen MR) is 83.6 cm³/mol. The Morgan fingerprint density at radius 3 is 1.95 bits per heavy atom. The first-order chi connectivity index (χ1) is 10.1. The van der Waals surface area contributed by atoms with E-state index in [-0.39, 0.29) is 11.6 Å². The number of nitrogens with one attached hydrogen (secondary N) is 2. The number of hydrogen-bond donors (Lipinski definition) is 2. The average molecular weight is 280 g/mol. The summed E-state index contributed by atoms with van der Waals surface area (Å²) in [6.45, 7) is 1.92. The molecule has 2 aromatic rings. The van der Waals surface area contributed by atoms with Crippen LogP contribution in [-0.2, 0) is 0 Å². The molecule has 0 fully saturated rings. The van der Waals surface area contributed by atoms with E-state index in [9.17, 15) is 9.59 Å². The number of carbonyl (C=O) groups excluding carboxylic acids is 2. The average Bonchev–Trinajstić information content (AvgIpc) is 2.51. The largest absolute Gasteiger partial charge is 0.387 e. The summed E-state index contributed by atoms with van der Waals surface area (Å²) in [4.78, 5) is 25.6. The van der Waals surface area contributed by atoms with E-state index in [1.807, 2.05) is 13.0 Å². The number of hydrogen-bond acceptors (Lipinski definition) is 4. The van der Waals surface area contributed by atoms with Crippen LogP contribution in [0.2, 0.25) is 0 Å². The molecule has 1 aliphatic carbocycles. The Hall–Kier alpha value is -2.62. The van der Waals surface area contributed by atoms with Gasteiger partial charge in [-0.25, -0.2) is 0 Å². The van der Waals surface area contributed by atoms with E-state index in [0.29, 0.717) is 27.9 Å². The molecule has 0 spiro atoms. The van der Waals surface area contributed by atoms with Crippen molar-refractivity contribution in [1.29, 1.82) is 0 Å². The maximum atomic E-state index is 12.8. The Morgan fingerprint density at radius 2 is 1.43 bits per heavy atom. The van der Waals surface area contributed by atoms with Crippen LogP contribution in [-0.4, -0.2) is 25.7 Å². The minimum atomic E-state index is -0.110. The zero-order valence-electron chi connectivity index (χ0n) is 12.2. The third-order valence-corrected chi connectivity index (χ3v) is 3.91. The normalized spacial score (nSPS) is 12.7. The fourth-order valence-corrected chi connectivity index (χ4v) is 2.95. The molecule has 2 aromatic carbocycles.